The highest BCUT2D eigenvalue weighted by atomic mass is 32.2. The zero-order valence-electron chi connectivity index (χ0n) is 12.5. The largest absolute Gasteiger partial charge is 0.339 e. The molecule has 0 N–H and O–H groups in total. The molecule has 1 aliphatic carbocycles. The van der Waals surface area contributed by atoms with Crippen molar-refractivity contribution in [3.63, 3.8) is 0 Å². The summed E-state index contributed by atoms with van der Waals surface area (Å²) < 4.78 is 23.0. The molecule has 1 saturated heterocycles. The van der Waals surface area contributed by atoms with Crippen LogP contribution in [0.1, 0.15) is 39.0 Å². The second-order valence-corrected chi connectivity index (χ2v) is 8.32. The predicted octanol–water partition coefficient (Wildman–Crippen LogP) is 0.896. The van der Waals surface area contributed by atoms with Gasteiger partial charge in [-0.15, -0.1) is 0 Å². The molecule has 1 amide bonds. The van der Waals surface area contributed by atoms with Crippen molar-refractivity contribution in [2.45, 2.75) is 51.1 Å². The molecule has 116 valence electrons. The maximum Gasteiger partial charge on any atom is 0.236 e. The second-order valence-electron chi connectivity index (χ2n) is 6.09. The molecule has 1 saturated carbocycles. The fourth-order valence-corrected chi connectivity index (χ4v) is 5.22. The minimum absolute atomic E-state index is 0.00577. The van der Waals surface area contributed by atoms with E-state index in [0.29, 0.717) is 19.0 Å². The Morgan fingerprint density at radius 3 is 2.30 bits per heavy atom. The monoisotopic (exact) mass is 302 g/mol. The fourth-order valence-electron chi connectivity index (χ4n) is 3.41. The molecule has 0 aromatic rings. The summed E-state index contributed by atoms with van der Waals surface area (Å²) in [6, 6.07) is 0.402. The number of carbonyl (C=O) groups is 1. The molecule has 1 aliphatic heterocycles. The first-order chi connectivity index (χ1) is 9.43. The maximum atomic E-state index is 12.4. The molecule has 0 radical (unpaired) electrons. The molecule has 6 heteroatoms. The van der Waals surface area contributed by atoms with E-state index in [1.54, 1.807) is 0 Å². The number of rotatable bonds is 5. The van der Waals surface area contributed by atoms with Gasteiger partial charge in [0.25, 0.3) is 0 Å². The Morgan fingerprint density at radius 2 is 1.80 bits per heavy atom. The molecule has 20 heavy (non-hydrogen) atoms. The lowest BCUT2D eigenvalue weighted by atomic mass is 10.2. The summed E-state index contributed by atoms with van der Waals surface area (Å²) >= 11 is 0. The van der Waals surface area contributed by atoms with Crippen molar-refractivity contribution in [3.05, 3.63) is 0 Å². The van der Waals surface area contributed by atoms with Crippen molar-refractivity contribution >= 4 is 15.7 Å². The molecule has 0 spiro atoms. The Bertz CT molecular complexity index is 443. The van der Waals surface area contributed by atoms with Crippen LogP contribution in [0.25, 0.3) is 0 Å². The normalized spacial score (nSPS) is 26.2. The molecule has 1 unspecified atom stereocenters. The van der Waals surface area contributed by atoms with Gasteiger partial charge in [-0.05, 0) is 33.2 Å². The van der Waals surface area contributed by atoms with Crippen LogP contribution < -0.4 is 0 Å². The van der Waals surface area contributed by atoms with Crippen molar-refractivity contribution in [1.82, 2.24) is 9.80 Å². The lowest BCUT2D eigenvalue weighted by Crippen LogP contribution is -2.46. The second kappa shape index (κ2) is 6.43. The summed E-state index contributed by atoms with van der Waals surface area (Å²) in [4.78, 5) is 16.3. The van der Waals surface area contributed by atoms with Crippen molar-refractivity contribution in [3.8, 4) is 0 Å². The number of hydrogen-bond acceptors (Lipinski definition) is 4. The summed E-state index contributed by atoms with van der Waals surface area (Å²) in [6.45, 7) is 3.11. The lowest BCUT2D eigenvalue weighted by molar-refractivity contribution is -0.134. The Kier molecular flexibility index (Phi) is 5.07. The van der Waals surface area contributed by atoms with E-state index < -0.39 is 9.84 Å². The molecular weight excluding hydrogens is 276 g/mol. The van der Waals surface area contributed by atoms with Crippen LogP contribution in [0.4, 0.5) is 0 Å². The average Bonchev–Trinajstić information content (AvgIpc) is 2.99. The van der Waals surface area contributed by atoms with Gasteiger partial charge in [-0.1, -0.05) is 12.8 Å². The van der Waals surface area contributed by atoms with Crippen LogP contribution in [0.15, 0.2) is 0 Å². The third-order valence-corrected chi connectivity index (χ3v) is 6.39. The van der Waals surface area contributed by atoms with Gasteiger partial charge in [0.05, 0.1) is 18.1 Å². The molecule has 0 aromatic carbocycles. The molecule has 2 rings (SSSR count). The van der Waals surface area contributed by atoms with Crippen LogP contribution in [0.5, 0.6) is 0 Å². The van der Waals surface area contributed by atoms with E-state index in [-0.39, 0.29) is 23.5 Å². The SMILES string of the molecule is CCN(C(=O)CN(C)C1CCS(=O)(=O)C1)C1CCCC1. The van der Waals surface area contributed by atoms with Gasteiger partial charge >= 0.3 is 0 Å². The number of hydrogen-bond donors (Lipinski definition) is 0. The predicted molar refractivity (Wildman–Crippen MR) is 79.3 cm³/mol. The molecule has 0 aromatic heterocycles. The van der Waals surface area contributed by atoms with Gasteiger partial charge in [-0.3, -0.25) is 9.69 Å². The first kappa shape index (κ1) is 15.8. The van der Waals surface area contributed by atoms with Gasteiger partial charge in [0, 0.05) is 18.6 Å². The molecular formula is C14H26N2O3S. The lowest BCUT2D eigenvalue weighted by Gasteiger charge is -2.31. The molecule has 2 fully saturated rings. The topological polar surface area (TPSA) is 57.7 Å². The van der Waals surface area contributed by atoms with Gasteiger partial charge in [0.2, 0.25) is 5.91 Å². The van der Waals surface area contributed by atoms with Crippen molar-refractivity contribution in [2.24, 2.45) is 0 Å². The van der Waals surface area contributed by atoms with Crippen LogP contribution in [0, 0.1) is 0 Å². The number of carbonyl (C=O) groups excluding carboxylic acids is 1. The van der Waals surface area contributed by atoms with E-state index in [9.17, 15) is 13.2 Å². The maximum absolute atomic E-state index is 12.4. The van der Waals surface area contributed by atoms with E-state index in [1.165, 1.54) is 12.8 Å². The van der Waals surface area contributed by atoms with Gasteiger partial charge in [0.15, 0.2) is 9.84 Å². The Hall–Kier alpha value is -0.620. The molecule has 5 nitrogen and oxygen atoms in total. The highest BCUT2D eigenvalue weighted by Gasteiger charge is 2.33. The average molecular weight is 302 g/mol. The summed E-state index contributed by atoms with van der Waals surface area (Å²) in [5.41, 5.74) is 0. The Labute approximate surface area is 122 Å². The van der Waals surface area contributed by atoms with Crippen molar-refractivity contribution < 1.29 is 13.2 Å². The Balaban J connectivity index is 1.89. The van der Waals surface area contributed by atoms with E-state index in [4.69, 9.17) is 0 Å². The van der Waals surface area contributed by atoms with Crippen molar-refractivity contribution in [1.29, 1.82) is 0 Å². The van der Waals surface area contributed by atoms with Crippen LogP contribution in [-0.2, 0) is 14.6 Å². The quantitative estimate of drug-likeness (QED) is 0.757. The van der Waals surface area contributed by atoms with Crippen molar-refractivity contribution in [2.75, 3.05) is 31.6 Å². The smallest absolute Gasteiger partial charge is 0.236 e. The Morgan fingerprint density at radius 1 is 1.15 bits per heavy atom. The van der Waals surface area contributed by atoms with Crippen LogP contribution in [0.3, 0.4) is 0 Å². The minimum Gasteiger partial charge on any atom is -0.339 e. The molecule has 1 atom stereocenters. The number of nitrogens with zero attached hydrogens (tertiary/aromatic N) is 2. The summed E-state index contributed by atoms with van der Waals surface area (Å²) in [6.07, 6.45) is 5.31. The van der Waals surface area contributed by atoms with Gasteiger partial charge in [-0.2, -0.15) is 0 Å². The highest BCUT2D eigenvalue weighted by Crippen LogP contribution is 2.24. The summed E-state index contributed by atoms with van der Waals surface area (Å²) in [5.74, 6) is 0.606. The highest BCUT2D eigenvalue weighted by molar-refractivity contribution is 7.91. The van der Waals surface area contributed by atoms with E-state index in [2.05, 4.69) is 0 Å². The first-order valence-corrected chi connectivity index (χ1v) is 9.45. The summed E-state index contributed by atoms with van der Waals surface area (Å²) in [7, 11) is -1.02. The summed E-state index contributed by atoms with van der Waals surface area (Å²) in [5, 5.41) is 0. The zero-order chi connectivity index (χ0) is 14.8. The number of amides is 1. The van der Waals surface area contributed by atoms with E-state index >= 15 is 0 Å². The van der Waals surface area contributed by atoms with Crippen LogP contribution in [-0.4, -0.2) is 67.9 Å². The van der Waals surface area contributed by atoms with E-state index in [0.717, 1.165) is 19.4 Å². The third-order valence-electron chi connectivity index (χ3n) is 4.64. The third kappa shape index (κ3) is 3.73. The fraction of sp³-hybridized carbons (Fsp3) is 0.929. The minimum atomic E-state index is -2.88. The number of sulfone groups is 1. The number of likely N-dealkylation sites (N-methyl/N-ethyl adjacent to an activating group) is 2. The van der Waals surface area contributed by atoms with Crippen LogP contribution >= 0.6 is 0 Å². The van der Waals surface area contributed by atoms with E-state index in [1.807, 2.05) is 23.8 Å². The molecule has 2 aliphatic rings. The molecule has 1 heterocycles. The first-order valence-electron chi connectivity index (χ1n) is 7.63. The van der Waals surface area contributed by atoms with Crippen LogP contribution in [0.2, 0.25) is 0 Å². The van der Waals surface area contributed by atoms with Gasteiger partial charge in [0.1, 0.15) is 0 Å². The zero-order valence-corrected chi connectivity index (χ0v) is 13.4. The van der Waals surface area contributed by atoms with Gasteiger partial charge < -0.3 is 4.90 Å². The molecule has 0 bridgehead atoms. The standard InChI is InChI=1S/C14H26N2O3S/c1-3-16(12-6-4-5-7-12)14(17)10-15(2)13-8-9-20(18,19)11-13/h12-13H,3-11H2,1-2H3. The van der Waals surface area contributed by atoms with Gasteiger partial charge in [-0.25, -0.2) is 8.42 Å².